The van der Waals surface area contributed by atoms with E-state index in [4.69, 9.17) is 5.21 Å². The van der Waals surface area contributed by atoms with Crippen LogP contribution in [0.5, 0.6) is 0 Å². The SMILES string of the molecule is Cc1cc(C(C)(C)C)cc(C)c1NO. The van der Waals surface area contributed by atoms with Crippen molar-refractivity contribution in [2.75, 3.05) is 5.48 Å². The van der Waals surface area contributed by atoms with E-state index in [0.29, 0.717) is 0 Å². The summed E-state index contributed by atoms with van der Waals surface area (Å²) >= 11 is 0. The monoisotopic (exact) mass is 193 g/mol. The second-order valence-corrected chi connectivity index (χ2v) is 4.85. The van der Waals surface area contributed by atoms with E-state index >= 15 is 0 Å². The Bertz CT molecular complexity index is 314. The van der Waals surface area contributed by atoms with Crippen LogP contribution in [0.2, 0.25) is 0 Å². The molecule has 0 heterocycles. The molecule has 2 N–H and O–H groups in total. The fourth-order valence-electron chi connectivity index (χ4n) is 1.57. The minimum absolute atomic E-state index is 0.156. The molecule has 0 spiro atoms. The van der Waals surface area contributed by atoms with Gasteiger partial charge in [0.1, 0.15) is 0 Å². The van der Waals surface area contributed by atoms with Crippen LogP contribution in [0.1, 0.15) is 37.5 Å². The highest BCUT2D eigenvalue weighted by atomic mass is 16.5. The molecule has 0 aliphatic heterocycles. The second-order valence-electron chi connectivity index (χ2n) is 4.85. The van der Waals surface area contributed by atoms with Crippen LogP contribution in [0, 0.1) is 13.8 Å². The molecule has 0 atom stereocenters. The molecule has 0 unspecified atom stereocenters. The lowest BCUT2D eigenvalue weighted by molar-refractivity contribution is 0.388. The van der Waals surface area contributed by atoms with Crippen molar-refractivity contribution in [3.05, 3.63) is 28.8 Å². The van der Waals surface area contributed by atoms with Gasteiger partial charge in [-0.15, -0.1) is 0 Å². The van der Waals surface area contributed by atoms with Gasteiger partial charge >= 0.3 is 0 Å². The van der Waals surface area contributed by atoms with Crippen LogP contribution in [0.15, 0.2) is 12.1 Å². The van der Waals surface area contributed by atoms with Crippen LogP contribution < -0.4 is 5.48 Å². The smallest absolute Gasteiger partial charge is 0.0660 e. The molecule has 0 radical (unpaired) electrons. The molecule has 1 aromatic carbocycles. The Balaban J connectivity index is 3.28. The number of rotatable bonds is 1. The molecule has 1 rings (SSSR count). The number of hydrogen-bond acceptors (Lipinski definition) is 2. The second kappa shape index (κ2) is 3.62. The van der Waals surface area contributed by atoms with Gasteiger partial charge in [-0.1, -0.05) is 32.9 Å². The van der Waals surface area contributed by atoms with Crippen LogP contribution in [0.25, 0.3) is 0 Å². The van der Waals surface area contributed by atoms with Crippen molar-refractivity contribution < 1.29 is 5.21 Å². The summed E-state index contributed by atoms with van der Waals surface area (Å²) in [6.07, 6.45) is 0. The van der Waals surface area contributed by atoms with Crippen LogP contribution in [-0.4, -0.2) is 5.21 Å². The number of aryl methyl sites for hydroxylation is 2. The largest absolute Gasteiger partial charge is 0.291 e. The average molecular weight is 193 g/mol. The summed E-state index contributed by atoms with van der Waals surface area (Å²) in [7, 11) is 0. The van der Waals surface area contributed by atoms with Crippen molar-refractivity contribution in [3.8, 4) is 0 Å². The zero-order chi connectivity index (χ0) is 10.9. The molecule has 0 aliphatic rings. The van der Waals surface area contributed by atoms with Crippen LogP contribution >= 0.6 is 0 Å². The summed E-state index contributed by atoms with van der Waals surface area (Å²) in [5.74, 6) is 0. The molecule has 2 heteroatoms. The van der Waals surface area contributed by atoms with Gasteiger partial charge in [0, 0.05) is 0 Å². The highest BCUT2D eigenvalue weighted by Gasteiger charge is 2.15. The Kier molecular flexibility index (Phi) is 2.86. The molecular formula is C12H19NO. The van der Waals surface area contributed by atoms with Gasteiger partial charge < -0.3 is 0 Å². The minimum atomic E-state index is 0.156. The molecule has 0 amide bonds. The van der Waals surface area contributed by atoms with Crippen LogP contribution in [0.4, 0.5) is 5.69 Å². The third-order valence-electron chi connectivity index (χ3n) is 2.51. The van der Waals surface area contributed by atoms with E-state index in [0.717, 1.165) is 16.8 Å². The fourth-order valence-corrected chi connectivity index (χ4v) is 1.57. The topological polar surface area (TPSA) is 32.3 Å². The highest BCUT2D eigenvalue weighted by Crippen LogP contribution is 2.28. The standard InChI is InChI=1S/C12H19NO/c1-8-6-10(12(3,4)5)7-9(2)11(8)13-14/h6-7,13-14H,1-5H3. The summed E-state index contributed by atoms with van der Waals surface area (Å²) < 4.78 is 0. The summed E-state index contributed by atoms with van der Waals surface area (Å²) in [5, 5.41) is 8.94. The van der Waals surface area contributed by atoms with Crippen molar-refractivity contribution in [1.82, 2.24) is 0 Å². The zero-order valence-electron chi connectivity index (χ0n) is 9.60. The molecule has 0 aliphatic carbocycles. The molecule has 14 heavy (non-hydrogen) atoms. The van der Waals surface area contributed by atoms with Crippen molar-refractivity contribution in [1.29, 1.82) is 0 Å². The van der Waals surface area contributed by atoms with Gasteiger partial charge in [-0.3, -0.25) is 10.7 Å². The average Bonchev–Trinajstić information content (AvgIpc) is 2.01. The number of hydrogen-bond donors (Lipinski definition) is 2. The molecule has 2 nitrogen and oxygen atoms in total. The van der Waals surface area contributed by atoms with Gasteiger partial charge in [0.2, 0.25) is 0 Å². The Morgan fingerprint density at radius 3 is 1.79 bits per heavy atom. The highest BCUT2D eigenvalue weighted by molar-refractivity contribution is 5.57. The lowest BCUT2D eigenvalue weighted by Crippen LogP contribution is -2.12. The van der Waals surface area contributed by atoms with Gasteiger partial charge in [0.05, 0.1) is 5.69 Å². The quantitative estimate of drug-likeness (QED) is 0.670. The first-order valence-corrected chi connectivity index (χ1v) is 4.88. The van der Waals surface area contributed by atoms with E-state index < -0.39 is 0 Å². The maximum Gasteiger partial charge on any atom is 0.0660 e. The molecule has 0 saturated carbocycles. The Morgan fingerprint density at radius 1 is 1.07 bits per heavy atom. The van der Waals surface area contributed by atoms with E-state index in [1.165, 1.54) is 5.56 Å². The number of anilines is 1. The maximum atomic E-state index is 8.94. The van der Waals surface area contributed by atoms with E-state index in [2.05, 4.69) is 38.4 Å². The summed E-state index contributed by atoms with van der Waals surface area (Å²) in [6, 6.07) is 4.23. The molecule has 78 valence electrons. The Hall–Kier alpha value is -1.02. The van der Waals surface area contributed by atoms with Crippen LogP contribution in [-0.2, 0) is 5.41 Å². The molecule has 0 bridgehead atoms. The molecule has 0 aromatic heterocycles. The first-order chi connectivity index (χ1) is 6.36. The minimum Gasteiger partial charge on any atom is -0.291 e. The lowest BCUT2D eigenvalue weighted by atomic mass is 9.85. The first-order valence-electron chi connectivity index (χ1n) is 4.88. The van der Waals surface area contributed by atoms with Crippen molar-refractivity contribution in [3.63, 3.8) is 0 Å². The van der Waals surface area contributed by atoms with Gasteiger partial charge in [-0.2, -0.15) is 0 Å². The molecule has 0 fully saturated rings. The summed E-state index contributed by atoms with van der Waals surface area (Å²) in [4.78, 5) is 0. The van der Waals surface area contributed by atoms with Gasteiger partial charge in [-0.25, -0.2) is 0 Å². The Labute approximate surface area is 85.9 Å². The van der Waals surface area contributed by atoms with Gasteiger partial charge in [-0.05, 0) is 36.0 Å². The third kappa shape index (κ3) is 2.07. The molecule has 1 aromatic rings. The normalized spacial score (nSPS) is 11.6. The van der Waals surface area contributed by atoms with Crippen molar-refractivity contribution >= 4 is 5.69 Å². The van der Waals surface area contributed by atoms with Crippen LogP contribution in [0.3, 0.4) is 0 Å². The maximum absolute atomic E-state index is 8.94. The predicted octanol–water partition coefficient (Wildman–Crippen LogP) is 3.40. The fraction of sp³-hybridized carbons (Fsp3) is 0.500. The van der Waals surface area contributed by atoms with Crippen molar-refractivity contribution in [2.24, 2.45) is 0 Å². The lowest BCUT2D eigenvalue weighted by Gasteiger charge is -2.21. The van der Waals surface area contributed by atoms with Gasteiger partial charge in [0.25, 0.3) is 0 Å². The van der Waals surface area contributed by atoms with E-state index in [-0.39, 0.29) is 5.41 Å². The van der Waals surface area contributed by atoms with E-state index in [9.17, 15) is 0 Å². The molecular weight excluding hydrogens is 174 g/mol. The number of benzene rings is 1. The third-order valence-corrected chi connectivity index (χ3v) is 2.51. The summed E-state index contributed by atoms with van der Waals surface area (Å²) in [5.41, 5.74) is 6.68. The van der Waals surface area contributed by atoms with E-state index in [1.54, 1.807) is 0 Å². The van der Waals surface area contributed by atoms with E-state index in [1.807, 2.05) is 13.8 Å². The summed E-state index contributed by atoms with van der Waals surface area (Å²) in [6.45, 7) is 10.6. The number of nitrogens with one attached hydrogen (secondary N) is 1. The first kappa shape index (κ1) is 11.1. The molecule has 0 saturated heterocycles. The predicted molar refractivity (Wildman–Crippen MR) is 60.0 cm³/mol. The van der Waals surface area contributed by atoms with Crippen molar-refractivity contribution in [2.45, 2.75) is 40.0 Å². The zero-order valence-corrected chi connectivity index (χ0v) is 9.60. The Morgan fingerprint density at radius 2 is 1.50 bits per heavy atom. The van der Waals surface area contributed by atoms with Gasteiger partial charge in [0.15, 0.2) is 0 Å².